The molecule has 21 heavy (non-hydrogen) atoms. The highest BCUT2D eigenvalue weighted by molar-refractivity contribution is 6.30. The number of amides is 1. The van der Waals surface area contributed by atoms with Crippen molar-refractivity contribution < 1.29 is 14.5 Å². The predicted octanol–water partition coefficient (Wildman–Crippen LogP) is 2.52. The third kappa shape index (κ3) is 6.10. The van der Waals surface area contributed by atoms with Crippen molar-refractivity contribution in [2.24, 2.45) is 0 Å². The maximum absolute atomic E-state index is 11.3. The van der Waals surface area contributed by atoms with Crippen LogP contribution in [0.15, 0.2) is 12.3 Å². The van der Waals surface area contributed by atoms with Crippen LogP contribution in [0.25, 0.3) is 0 Å². The van der Waals surface area contributed by atoms with Crippen LogP contribution in [0.4, 0.5) is 10.5 Å². The van der Waals surface area contributed by atoms with Gasteiger partial charge < -0.3 is 10.1 Å². The largest absolute Gasteiger partial charge is 0.444 e. The highest BCUT2D eigenvalue weighted by atomic mass is 35.5. The molecule has 1 amide bonds. The Hall–Kier alpha value is -2.33. The number of pyridine rings is 1. The summed E-state index contributed by atoms with van der Waals surface area (Å²) in [6.45, 7) is 5.19. The highest BCUT2D eigenvalue weighted by Gasteiger charge is 2.15. The maximum atomic E-state index is 11.3. The van der Waals surface area contributed by atoms with E-state index in [-0.39, 0.29) is 22.9 Å². The molecule has 0 radical (unpaired) electrons. The standard InChI is InChI=1S/C13H14ClN3O4/c1-13(2,3)21-12(18)15-6-4-5-10-11(17(19)20)7-9(14)8-16-10/h7-8H,6H2,1-3H3,(H,15,18). The first-order valence-corrected chi connectivity index (χ1v) is 6.32. The molecule has 0 aromatic carbocycles. The van der Waals surface area contributed by atoms with Gasteiger partial charge in [-0.3, -0.25) is 10.1 Å². The van der Waals surface area contributed by atoms with Gasteiger partial charge in [-0.05, 0) is 26.7 Å². The van der Waals surface area contributed by atoms with Crippen LogP contribution in [0.1, 0.15) is 26.5 Å². The number of carbonyl (C=O) groups is 1. The summed E-state index contributed by atoms with van der Waals surface area (Å²) in [6, 6.07) is 1.17. The molecular weight excluding hydrogens is 298 g/mol. The summed E-state index contributed by atoms with van der Waals surface area (Å²) < 4.78 is 5.01. The van der Waals surface area contributed by atoms with Crippen LogP contribution >= 0.6 is 11.6 Å². The Labute approximate surface area is 126 Å². The average Bonchev–Trinajstić information content (AvgIpc) is 2.33. The molecule has 1 aromatic heterocycles. The molecule has 0 bridgehead atoms. The van der Waals surface area contributed by atoms with Crippen molar-refractivity contribution in [1.82, 2.24) is 10.3 Å². The molecule has 8 heteroatoms. The molecule has 1 aromatic rings. The fourth-order valence-electron chi connectivity index (χ4n) is 1.22. The van der Waals surface area contributed by atoms with Gasteiger partial charge in [-0.1, -0.05) is 17.5 Å². The van der Waals surface area contributed by atoms with E-state index >= 15 is 0 Å². The predicted molar refractivity (Wildman–Crippen MR) is 77.0 cm³/mol. The van der Waals surface area contributed by atoms with Crippen LogP contribution in [0.2, 0.25) is 5.02 Å². The molecule has 0 fully saturated rings. The fourth-order valence-corrected chi connectivity index (χ4v) is 1.37. The van der Waals surface area contributed by atoms with E-state index in [0.717, 1.165) is 0 Å². The van der Waals surface area contributed by atoms with Crippen LogP contribution < -0.4 is 5.32 Å². The number of aromatic nitrogens is 1. The Morgan fingerprint density at radius 2 is 2.24 bits per heavy atom. The molecule has 1 N–H and O–H groups in total. The van der Waals surface area contributed by atoms with E-state index in [0.29, 0.717) is 0 Å². The molecule has 0 aliphatic rings. The normalized spacial score (nSPS) is 10.3. The quantitative estimate of drug-likeness (QED) is 0.514. The number of nitrogens with one attached hydrogen (secondary N) is 1. The second kappa shape index (κ2) is 6.90. The minimum absolute atomic E-state index is 0.0175. The Bertz CT molecular complexity index is 614. The Morgan fingerprint density at radius 1 is 1.57 bits per heavy atom. The zero-order chi connectivity index (χ0) is 16.0. The number of halogens is 1. The van der Waals surface area contributed by atoms with Crippen molar-refractivity contribution in [3.05, 3.63) is 33.1 Å². The zero-order valence-electron chi connectivity index (χ0n) is 11.8. The molecule has 1 rings (SSSR count). The number of rotatable bonds is 2. The molecule has 0 saturated carbocycles. The summed E-state index contributed by atoms with van der Waals surface area (Å²) in [6.07, 6.45) is 0.648. The van der Waals surface area contributed by atoms with Gasteiger partial charge >= 0.3 is 11.8 Å². The first-order chi connectivity index (χ1) is 9.69. The summed E-state index contributed by atoms with van der Waals surface area (Å²) in [5.41, 5.74) is -0.906. The van der Waals surface area contributed by atoms with Crippen LogP contribution in [0.5, 0.6) is 0 Å². The van der Waals surface area contributed by atoms with Gasteiger partial charge in [0.15, 0.2) is 5.69 Å². The first-order valence-electron chi connectivity index (χ1n) is 5.95. The molecule has 112 valence electrons. The molecule has 0 saturated heterocycles. The summed E-state index contributed by atoms with van der Waals surface area (Å²) in [5.74, 6) is 5.07. The summed E-state index contributed by atoms with van der Waals surface area (Å²) in [5, 5.41) is 13.4. The Balaban J connectivity index is 2.68. The SMILES string of the molecule is CC(C)(C)OC(=O)NCC#Cc1ncc(Cl)cc1[N+](=O)[O-]. The van der Waals surface area contributed by atoms with Gasteiger partial charge in [0, 0.05) is 12.3 Å². The highest BCUT2D eigenvalue weighted by Crippen LogP contribution is 2.19. The molecule has 0 atom stereocenters. The van der Waals surface area contributed by atoms with Gasteiger partial charge in [-0.2, -0.15) is 0 Å². The number of ether oxygens (including phenoxy) is 1. The molecule has 7 nitrogen and oxygen atoms in total. The van der Waals surface area contributed by atoms with E-state index in [1.54, 1.807) is 20.8 Å². The topological polar surface area (TPSA) is 94.4 Å². The second-order valence-corrected chi connectivity index (χ2v) is 5.37. The van der Waals surface area contributed by atoms with Crippen LogP contribution in [0, 0.1) is 22.0 Å². The van der Waals surface area contributed by atoms with Crippen molar-refractivity contribution in [1.29, 1.82) is 0 Å². The van der Waals surface area contributed by atoms with Crippen LogP contribution in [-0.4, -0.2) is 28.1 Å². The van der Waals surface area contributed by atoms with Crippen molar-refractivity contribution in [2.45, 2.75) is 26.4 Å². The maximum Gasteiger partial charge on any atom is 0.408 e. The number of nitro groups is 1. The molecule has 0 unspecified atom stereocenters. The van der Waals surface area contributed by atoms with Gasteiger partial charge in [0.2, 0.25) is 0 Å². The lowest BCUT2D eigenvalue weighted by Gasteiger charge is -2.18. The number of nitrogens with zero attached hydrogens (tertiary/aromatic N) is 2. The van der Waals surface area contributed by atoms with Gasteiger partial charge in [-0.15, -0.1) is 0 Å². The fraction of sp³-hybridized carbons (Fsp3) is 0.385. The minimum Gasteiger partial charge on any atom is -0.444 e. The minimum atomic E-state index is -0.621. The summed E-state index contributed by atoms with van der Waals surface area (Å²) in [7, 11) is 0. The van der Waals surface area contributed by atoms with E-state index < -0.39 is 16.6 Å². The van der Waals surface area contributed by atoms with Crippen LogP contribution in [-0.2, 0) is 4.74 Å². The number of carbonyl (C=O) groups excluding carboxylic acids is 1. The zero-order valence-corrected chi connectivity index (χ0v) is 12.5. The third-order valence-corrected chi connectivity index (χ3v) is 2.16. The van der Waals surface area contributed by atoms with E-state index in [4.69, 9.17) is 16.3 Å². The number of alkyl carbamates (subject to hydrolysis) is 1. The lowest BCUT2D eigenvalue weighted by molar-refractivity contribution is -0.385. The summed E-state index contributed by atoms with van der Waals surface area (Å²) in [4.78, 5) is 25.3. The molecule has 1 heterocycles. The van der Waals surface area contributed by atoms with Gasteiger partial charge in [0.05, 0.1) is 16.5 Å². The molecule has 0 aliphatic heterocycles. The van der Waals surface area contributed by atoms with Crippen LogP contribution in [0.3, 0.4) is 0 Å². The summed E-state index contributed by atoms with van der Waals surface area (Å²) >= 11 is 5.64. The van der Waals surface area contributed by atoms with Gasteiger partial charge in [0.1, 0.15) is 5.60 Å². The second-order valence-electron chi connectivity index (χ2n) is 4.94. The van der Waals surface area contributed by atoms with Crippen molar-refractivity contribution in [2.75, 3.05) is 6.54 Å². The van der Waals surface area contributed by atoms with E-state index in [9.17, 15) is 14.9 Å². The first kappa shape index (κ1) is 16.7. The number of hydrogen-bond donors (Lipinski definition) is 1. The van der Waals surface area contributed by atoms with Crippen molar-refractivity contribution >= 4 is 23.4 Å². The van der Waals surface area contributed by atoms with Gasteiger partial charge in [-0.25, -0.2) is 9.78 Å². The monoisotopic (exact) mass is 311 g/mol. The van der Waals surface area contributed by atoms with Crippen molar-refractivity contribution in [3.63, 3.8) is 0 Å². The number of hydrogen-bond acceptors (Lipinski definition) is 5. The van der Waals surface area contributed by atoms with Crippen molar-refractivity contribution in [3.8, 4) is 11.8 Å². The van der Waals surface area contributed by atoms with E-state index in [2.05, 4.69) is 22.1 Å². The molecular formula is C13H14ClN3O4. The lowest BCUT2D eigenvalue weighted by atomic mass is 10.2. The third-order valence-electron chi connectivity index (χ3n) is 1.96. The van der Waals surface area contributed by atoms with E-state index in [1.807, 2.05) is 0 Å². The lowest BCUT2D eigenvalue weighted by Crippen LogP contribution is -2.32. The van der Waals surface area contributed by atoms with Gasteiger partial charge in [0.25, 0.3) is 0 Å². The van der Waals surface area contributed by atoms with E-state index in [1.165, 1.54) is 12.3 Å². The molecule has 0 spiro atoms. The molecule has 0 aliphatic carbocycles. The smallest absolute Gasteiger partial charge is 0.408 e. The Kier molecular flexibility index (Phi) is 5.50. The Morgan fingerprint density at radius 3 is 2.81 bits per heavy atom. The average molecular weight is 312 g/mol.